The molecule has 12 heteroatoms. The van der Waals surface area contributed by atoms with Gasteiger partial charge in [-0.05, 0) is 30.3 Å². The molecule has 0 aromatic heterocycles. The lowest BCUT2D eigenvalue weighted by Gasteiger charge is -2.12. The van der Waals surface area contributed by atoms with Gasteiger partial charge in [0.15, 0.2) is 11.5 Å². The molecule has 0 radical (unpaired) electrons. The number of hydrogen-bond donors (Lipinski definition) is 3. The quantitative estimate of drug-likeness (QED) is 0.510. The largest absolute Gasteiger partial charge is 0.496 e. The molecule has 3 N–H and O–H groups in total. The van der Waals surface area contributed by atoms with Crippen LogP contribution in [0.25, 0.3) is 0 Å². The van der Waals surface area contributed by atoms with E-state index in [1.54, 1.807) is 6.07 Å². The molecule has 0 bridgehead atoms. The Labute approximate surface area is 190 Å². The van der Waals surface area contributed by atoms with E-state index in [1.165, 1.54) is 37.4 Å². The summed E-state index contributed by atoms with van der Waals surface area (Å²) in [7, 11) is -2.48. The van der Waals surface area contributed by atoms with Crippen molar-refractivity contribution in [2.45, 2.75) is 17.7 Å². The van der Waals surface area contributed by atoms with Gasteiger partial charge >= 0.3 is 0 Å². The standard InChI is InChI=1S/C20H22ClN3O7S/c1-29-16-5-3-13(21)11-15(16)20(26)24-23-19(25)7-8-22-32(27,28)14-4-6-17-18(12-14)31-10-2-9-30-17/h3-6,11-12,22H,2,7-10H2,1H3,(H,23,25)(H,24,26). The molecule has 3 rings (SSSR count). The molecule has 2 aromatic rings. The first kappa shape index (κ1) is 23.6. The van der Waals surface area contributed by atoms with Crippen LogP contribution in [0.3, 0.4) is 0 Å². The highest BCUT2D eigenvalue weighted by Gasteiger charge is 2.19. The lowest BCUT2D eigenvalue weighted by molar-refractivity contribution is -0.121. The number of benzene rings is 2. The van der Waals surface area contributed by atoms with Gasteiger partial charge in [0, 0.05) is 30.5 Å². The van der Waals surface area contributed by atoms with Gasteiger partial charge in [0.2, 0.25) is 15.9 Å². The highest BCUT2D eigenvalue weighted by molar-refractivity contribution is 7.89. The van der Waals surface area contributed by atoms with Crippen molar-refractivity contribution in [3.8, 4) is 17.2 Å². The number of fused-ring (bicyclic) bond motifs is 1. The molecule has 2 aromatic carbocycles. The fourth-order valence-corrected chi connectivity index (χ4v) is 4.03. The Kier molecular flexibility index (Phi) is 7.78. The van der Waals surface area contributed by atoms with Crippen molar-refractivity contribution in [1.82, 2.24) is 15.6 Å². The first-order valence-electron chi connectivity index (χ1n) is 9.62. The fourth-order valence-electron chi connectivity index (χ4n) is 2.81. The topological polar surface area (TPSA) is 132 Å². The highest BCUT2D eigenvalue weighted by atomic mass is 35.5. The molecule has 2 amide bonds. The zero-order chi connectivity index (χ0) is 23.1. The van der Waals surface area contributed by atoms with Crippen LogP contribution >= 0.6 is 11.6 Å². The maximum absolute atomic E-state index is 12.5. The van der Waals surface area contributed by atoms with Crippen molar-refractivity contribution in [2.24, 2.45) is 0 Å². The molecule has 0 saturated carbocycles. The Morgan fingerprint density at radius 1 is 1.06 bits per heavy atom. The molecule has 0 fully saturated rings. The average molecular weight is 484 g/mol. The third-order valence-electron chi connectivity index (χ3n) is 4.40. The Hall–Kier alpha value is -3.02. The van der Waals surface area contributed by atoms with E-state index in [2.05, 4.69) is 15.6 Å². The van der Waals surface area contributed by atoms with Crippen molar-refractivity contribution in [3.63, 3.8) is 0 Å². The summed E-state index contributed by atoms with van der Waals surface area (Å²) in [6, 6.07) is 8.78. The van der Waals surface area contributed by atoms with Crippen LogP contribution < -0.4 is 29.8 Å². The maximum atomic E-state index is 12.5. The smallest absolute Gasteiger partial charge is 0.273 e. The van der Waals surface area contributed by atoms with E-state index < -0.39 is 21.8 Å². The van der Waals surface area contributed by atoms with Gasteiger partial charge in [-0.15, -0.1) is 0 Å². The van der Waals surface area contributed by atoms with E-state index in [0.717, 1.165) is 0 Å². The summed E-state index contributed by atoms with van der Waals surface area (Å²) in [5.74, 6) is -0.120. The Morgan fingerprint density at radius 3 is 2.56 bits per heavy atom. The van der Waals surface area contributed by atoms with Crippen LogP contribution in [0.2, 0.25) is 5.02 Å². The maximum Gasteiger partial charge on any atom is 0.273 e. The zero-order valence-electron chi connectivity index (χ0n) is 17.1. The van der Waals surface area contributed by atoms with Crippen LogP contribution in [0.5, 0.6) is 17.2 Å². The molecule has 1 heterocycles. The second-order valence-corrected chi connectivity index (χ2v) is 8.86. The van der Waals surface area contributed by atoms with E-state index in [-0.39, 0.29) is 29.2 Å². The number of rotatable bonds is 7. The lowest BCUT2D eigenvalue weighted by atomic mass is 10.2. The molecule has 0 aliphatic carbocycles. The van der Waals surface area contributed by atoms with Crippen LogP contribution in [0.4, 0.5) is 0 Å². The summed E-state index contributed by atoms with van der Waals surface area (Å²) in [6.07, 6.45) is 0.488. The summed E-state index contributed by atoms with van der Waals surface area (Å²) in [5.41, 5.74) is 4.59. The molecule has 0 unspecified atom stereocenters. The van der Waals surface area contributed by atoms with E-state index in [4.69, 9.17) is 25.8 Å². The van der Waals surface area contributed by atoms with Gasteiger partial charge in [0.05, 0.1) is 30.8 Å². The average Bonchev–Trinajstić information content (AvgIpc) is 3.02. The first-order valence-corrected chi connectivity index (χ1v) is 11.5. The number of carbonyl (C=O) groups is 2. The van der Waals surface area contributed by atoms with Crippen molar-refractivity contribution in [2.75, 3.05) is 26.9 Å². The second-order valence-electron chi connectivity index (χ2n) is 6.65. The van der Waals surface area contributed by atoms with Crippen LogP contribution in [-0.2, 0) is 14.8 Å². The van der Waals surface area contributed by atoms with Gasteiger partial charge in [0.25, 0.3) is 5.91 Å². The number of methoxy groups -OCH3 is 1. The number of hydrazine groups is 1. The number of sulfonamides is 1. The SMILES string of the molecule is COc1ccc(Cl)cc1C(=O)NNC(=O)CCNS(=O)(=O)c1ccc2c(c1)OCCCO2. The van der Waals surface area contributed by atoms with Crippen LogP contribution in [0.15, 0.2) is 41.3 Å². The fraction of sp³-hybridized carbons (Fsp3) is 0.300. The third-order valence-corrected chi connectivity index (χ3v) is 6.09. The van der Waals surface area contributed by atoms with Crippen molar-refractivity contribution in [1.29, 1.82) is 0 Å². The Bertz CT molecular complexity index is 1110. The predicted molar refractivity (Wildman–Crippen MR) is 115 cm³/mol. The minimum Gasteiger partial charge on any atom is -0.496 e. The zero-order valence-corrected chi connectivity index (χ0v) is 18.7. The second kappa shape index (κ2) is 10.5. The Morgan fingerprint density at radius 2 is 1.81 bits per heavy atom. The molecule has 1 aliphatic heterocycles. The summed E-state index contributed by atoms with van der Waals surface area (Å²) in [5, 5.41) is 0.325. The first-order chi connectivity index (χ1) is 15.3. The third kappa shape index (κ3) is 6.02. The number of nitrogens with one attached hydrogen (secondary N) is 3. The van der Waals surface area contributed by atoms with Gasteiger partial charge in [-0.3, -0.25) is 20.4 Å². The summed E-state index contributed by atoms with van der Waals surface area (Å²) >= 11 is 5.89. The van der Waals surface area contributed by atoms with E-state index >= 15 is 0 Å². The normalized spacial score (nSPS) is 13.1. The minimum atomic E-state index is -3.87. The molecule has 0 spiro atoms. The van der Waals surface area contributed by atoms with E-state index in [1.807, 2.05) is 0 Å². The molecule has 0 saturated heterocycles. The van der Waals surface area contributed by atoms with E-state index in [9.17, 15) is 18.0 Å². The van der Waals surface area contributed by atoms with Gasteiger partial charge in [-0.1, -0.05) is 11.6 Å². The number of carbonyl (C=O) groups excluding carboxylic acids is 2. The summed E-state index contributed by atoms with van der Waals surface area (Å²) < 4.78 is 43.4. The van der Waals surface area contributed by atoms with Gasteiger partial charge in [-0.25, -0.2) is 13.1 Å². The molecular weight excluding hydrogens is 462 g/mol. The minimum absolute atomic E-state index is 0.0106. The van der Waals surface area contributed by atoms with Crippen molar-refractivity contribution >= 4 is 33.4 Å². The molecule has 1 aliphatic rings. The number of ether oxygens (including phenoxy) is 3. The predicted octanol–water partition coefficient (Wildman–Crippen LogP) is 1.64. The van der Waals surface area contributed by atoms with Gasteiger partial charge in [-0.2, -0.15) is 0 Å². The van der Waals surface area contributed by atoms with Crippen LogP contribution in [0.1, 0.15) is 23.2 Å². The Balaban J connectivity index is 1.51. The molecular formula is C20H22ClN3O7S. The van der Waals surface area contributed by atoms with Crippen LogP contribution in [-0.4, -0.2) is 47.1 Å². The summed E-state index contributed by atoms with van der Waals surface area (Å²) in [4.78, 5) is 24.2. The van der Waals surface area contributed by atoms with Crippen molar-refractivity contribution < 1.29 is 32.2 Å². The number of hydrogen-bond acceptors (Lipinski definition) is 7. The molecule has 0 atom stereocenters. The molecule has 172 valence electrons. The van der Waals surface area contributed by atoms with Crippen molar-refractivity contribution in [3.05, 3.63) is 47.0 Å². The highest BCUT2D eigenvalue weighted by Crippen LogP contribution is 2.31. The van der Waals surface area contributed by atoms with Gasteiger partial charge < -0.3 is 14.2 Å². The van der Waals surface area contributed by atoms with Crippen LogP contribution in [0, 0.1) is 0 Å². The molecule has 32 heavy (non-hydrogen) atoms. The lowest BCUT2D eigenvalue weighted by Crippen LogP contribution is -2.42. The number of halogens is 1. The molecule has 10 nitrogen and oxygen atoms in total. The van der Waals surface area contributed by atoms with Gasteiger partial charge in [0.1, 0.15) is 5.75 Å². The summed E-state index contributed by atoms with van der Waals surface area (Å²) in [6.45, 7) is 0.739. The van der Waals surface area contributed by atoms with E-state index in [0.29, 0.717) is 36.2 Å². The monoisotopic (exact) mass is 483 g/mol. The number of amides is 2.